The van der Waals surface area contributed by atoms with Crippen molar-refractivity contribution in [2.75, 3.05) is 36.5 Å². The number of urea groups is 1. The molecule has 0 radical (unpaired) electrons. The summed E-state index contributed by atoms with van der Waals surface area (Å²) in [6.45, 7) is 11.5. The molecule has 1 aromatic rings. The summed E-state index contributed by atoms with van der Waals surface area (Å²) in [5.41, 5.74) is 2.17. The number of hydrogen-bond acceptors (Lipinski definition) is 4. The van der Waals surface area contributed by atoms with Crippen molar-refractivity contribution < 1.29 is 4.79 Å². The summed E-state index contributed by atoms with van der Waals surface area (Å²) < 4.78 is 0.488. The fourth-order valence-corrected chi connectivity index (χ4v) is 6.35. The monoisotopic (exact) mass is 409 g/mol. The molecular weight excluding hydrogens is 374 g/mol. The fourth-order valence-electron chi connectivity index (χ4n) is 3.47. The van der Waals surface area contributed by atoms with Crippen LogP contribution in [0.4, 0.5) is 10.5 Å². The molecule has 1 saturated heterocycles. The van der Waals surface area contributed by atoms with E-state index in [4.69, 9.17) is 0 Å². The minimum atomic E-state index is -0.114. The van der Waals surface area contributed by atoms with Gasteiger partial charge in [0, 0.05) is 18.3 Å². The first-order valence-electron chi connectivity index (χ1n) is 10.2. The molecule has 4 nitrogen and oxygen atoms in total. The standard InChI is InChI=1S/C21H35N3OS2/c1-5-24(6-2)19(13-16(3)4)15-22-21(25)23-18-10-7-9-17(14-18)20-26-11-8-12-27-20/h7,9-10,14,16,19-20H,5-6,8,11-13,15H2,1-4H3,(H2,22,23,25). The van der Waals surface area contributed by atoms with Gasteiger partial charge in [0.2, 0.25) is 0 Å². The number of hydrogen-bond donors (Lipinski definition) is 2. The molecule has 2 N–H and O–H groups in total. The average molecular weight is 410 g/mol. The number of nitrogens with zero attached hydrogens (tertiary/aromatic N) is 1. The maximum Gasteiger partial charge on any atom is 0.319 e. The van der Waals surface area contributed by atoms with E-state index in [1.807, 2.05) is 35.7 Å². The summed E-state index contributed by atoms with van der Waals surface area (Å²) >= 11 is 4.00. The highest BCUT2D eigenvalue weighted by Gasteiger charge is 2.19. The molecule has 1 heterocycles. The van der Waals surface area contributed by atoms with E-state index in [1.54, 1.807) is 0 Å². The zero-order valence-corrected chi connectivity index (χ0v) is 18.8. The molecule has 27 heavy (non-hydrogen) atoms. The van der Waals surface area contributed by atoms with Gasteiger partial charge in [-0.15, -0.1) is 23.5 Å². The molecule has 1 aliphatic heterocycles. The lowest BCUT2D eigenvalue weighted by Crippen LogP contribution is -2.45. The average Bonchev–Trinajstić information content (AvgIpc) is 2.67. The van der Waals surface area contributed by atoms with Crippen LogP contribution < -0.4 is 10.6 Å². The quantitative estimate of drug-likeness (QED) is 0.570. The Bertz CT molecular complexity index is 572. The van der Waals surface area contributed by atoms with E-state index < -0.39 is 0 Å². The van der Waals surface area contributed by atoms with E-state index in [9.17, 15) is 4.79 Å². The van der Waals surface area contributed by atoms with E-state index >= 15 is 0 Å². The van der Waals surface area contributed by atoms with Crippen molar-refractivity contribution in [2.24, 2.45) is 5.92 Å². The predicted octanol–water partition coefficient (Wildman–Crippen LogP) is 5.43. The van der Waals surface area contributed by atoms with Crippen LogP contribution in [-0.2, 0) is 0 Å². The second-order valence-corrected chi connectivity index (χ2v) is 10.1. The summed E-state index contributed by atoms with van der Waals surface area (Å²) in [7, 11) is 0. The van der Waals surface area contributed by atoms with Gasteiger partial charge in [-0.3, -0.25) is 4.90 Å². The van der Waals surface area contributed by atoms with Crippen LogP contribution in [0.25, 0.3) is 0 Å². The van der Waals surface area contributed by atoms with E-state index in [1.165, 1.54) is 23.5 Å². The molecule has 0 aliphatic carbocycles. The van der Waals surface area contributed by atoms with Crippen molar-refractivity contribution in [2.45, 2.75) is 51.2 Å². The largest absolute Gasteiger partial charge is 0.336 e. The first kappa shape index (κ1) is 22.4. The molecule has 0 aromatic heterocycles. The molecule has 2 amide bonds. The Morgan fingerprint density at radius 1 is 1.22 bits per heavy atom. The van der Waals surface area contributed by atoms with Gasteiger partial charge in [-0.05, 0) is 61.1 Å². The smallest absolute Gasteiger partial charge is 0.319 e. The summed E-state index contributed by atoms with van der Waals surface area (Å²) in [5.74, 6) is 3.05. The SMILES string of the molecule is CCN(CC)C(CNC(=O)Nc1cccc(C2SCCCS2)c1)CC(C)C. The highest BCUT2D eigenvalue weighted by Crippen LogP contribution is 2.44. The Morgan fingerprint density at radius 3 is 2.56 bits per heavy atom. The summed E-state index contributed by atoms with van der Waals surface area (Å²) in [6, 6.07) is 8.56. The highest BCUT2D eigenvalue weighted by atomic mass is 32.2. The topological polar surface area (TPSA) is 44.4 Å². The minimum Gasteiger partial charge on any atom is -0.336 e. The molecule has 0 spiro atoms. The molecule has 1 atom stereocenters. The third-order valence-electron chi connectivity index (χ3n) is 4.81. The van der Waals surface area contributed by atoms with Gasteiger partial charge in [0.15, 0.2) is 0 Å². The van der Waals surface area contributed by atoms with Crippen LogP contribution >= 0.6 is 23.5 Å². The number of carbonyl (C=O) groups excluding carboxylic acids is 1. The third-order valence-corrected chi connectivity index (χ3v) is 7.83. The second kappa shape index (κ2) is 11.9. The van der Waals surface area contributed by atoms with Crippen LogP contribution in [0.15, 0.2) is 24.3 Å². The van der Waals surface area contributed by atoms with E-state index in [2.05, 4.69) is 55.4 Å². The summed E-state index contributed by atoms with van der Waals surface area (Å²) in [5, 5.41) is 6.10. The van der Waals surface area contributed by atoms with Crippen molar-refractivity contribution >= 4 is 35.2 Å². The molecule has 2 rings (SSSR count). The second-order valence-electron chi connectivity index (χ2n) is 7.39. The number of anilines is 1. The molecule has 152 valence electrons. The van der Waals surface area contributed by atoms with Crippen molar-refractivity contribution in [1.82, 2.24) is 10.2 Å². The number of amides is 2. The van der Waals surface area contributed by atoms with Gasteiger partial charge in [-0.25, -0.2) is 4.79 Å². The number of rotatable bonds is 9. The van der Waals surface area contributed by atoms with Crippen LogP contribution in [0.1, 0.15) is 50.7 Å². The third kappa shape index (κ3) is 7.59. The lowest BCUT2D eigenvalue weighted by molar-refractivity contribution is 0.186. The lowest BCUT2D eigenvalue weighted by atomic mass is 10.0. The molecule has 1 fully saturated rings. The molecule has 1 unspecified atom stereocenters. The maximum atomic E-state index is 12.4. The van der Waals surface area contributed by atoms with Crippen LogP contribution in [0, 0.1) is 5.92 Å². The normalized spacial score (nSPS) is 16.5. The molecule has 6 heteroatoms. The lowest BCUT2D eigenvalue weighted by Gasteiger charge is -2.31. The maximum absolute atomic E-state index is 12.4. The van der Waals surface area contributed by atoms with Crippen molar-refractivity contribution in [3.8, 4) is 0 Å². The first-order chi connectivity index (χ1) is 13.0. The van der Waals surface area contributed by atoms with Crippen LogP contribution in [-0.4, -0.2) is 48.1 Å². The zero-order valence-electron chi connectivity index (χ0n) is 17.2. The van der Waals surface area contributed by atoms with Crippen LogP contribution in [0.3, 0.4) is 0 Å². The Balaban J connectivity index is 1.90. The Labute approximate surface area is 173 Å². The number of carbonyl (C=O) groups is 1. The van der Waals surface area contributed by atoms with Gasteiger partial charge >= 0.3 is 6.03 Å². The van der Waals surface area contributed by atoms with Gasteiger partial charge in [0.1, 0.15) is 0 Å². The summed E-state index contributed by atoms with van der Waals surface area (Å²) in [4.78, 5) is 14.9. The van der Waals surface area contributed by atoms with E-state index in [-0.39, 0.29) is 6.03 Å². The number of nitrogens with one attached hydrogen (secondary N) is 2. The first-order valence-corrected chi connectivity index (χ1v) is 12.2. The van der Waals surface area contributed by atoms with Crippen molar-refractivity contribution in [3.05, 3.63) is 29.8 Å². The molecule has 1 aliphatic rings. The van der Waals surface area contributed by atoms with Gasteiger partial charge in [-0.2, -0.15) is 0 Å². The van der Waals surface area contributed by atoms with E-state index in [0.717, 1.165) is 25.2 Å². The number of thioether (sulfide) groups is 2. The minimum absolute atomic E-state index is 0.114. The zero-order chi connectivity index (χ0) is 19.6. The number of likely N-dealkylation sites (N-methyl/N-ethyl adjacent to an activating group) is 1. The van der Waals surface area contributed by atoms with Gasteiger partial charge in [0.25, 0.3) is 0 Å². The molecule has 0 bridgehead atoms. The highest BCUT2D eigenvalue weighted by molar-refractivity contribution is 8.16. The molecular formula is C21H35N3OS2. The van der Waals surface area contributed by atoms with Crippen molar-refractivity contribution in [3.63, 3.8) is 0 Å². The van der Waals surface area contributed by atoms with E-state index in [0.29, 0.717) is 23.1 Å². The Morgan fingerprint density at radius 2 is 1.93 bits per heavy atom. The number of benzene rings is 1. The van der Waals surface area contributed by atoms with Gasteiger partial charge in [0.05, 0.1) is 4.58 Å². The fraction of sp³-hybridized carbons (Fsp3) is 0.667. The Hall–Kier alpha value is -0.850. The van der Waals surface area contributed by atoms with Crippen LogP contribution in [0.2, 0.25) is 0 Å². The van der Waals surface area contributed by atoms with Gasteiger partial charge in [-0.1, -0.05) is 39.8 Å². The Kier molecular flexibility index (Phi) is 9.87. The summed E-state index contributed by atoms with van der Waals surface area (Å²) in [6.07, 6.45) is 2.38. The predicted molar refractivity (Wildman–Crippen MR) is 122 cm³/mol. The van der Waals surface area contributed by atoms with Gasteiger partial charge < -0.3 is 10.6 Å². The van der Waals surface area contributed by atoms with Crippen molar-refractivity contribution in [1.29, 1.82) is 0 Å². The molecule has 0 saturated carbocycles. The molecule has 1 aromatic carbocycles. The van der Waals surface area contributed by atoms with Crippen LogP contribution in [0.5, 0.6) is 0 Å².